The summed E-state index contributed by atoms with van der Waals surface area (Å²) in [7, 11) is 0. The van der Waals surface area contributed by atoms with Crippen molar-refractivity contribution in [3.8, 4) is 0 Å². The van der Waals surface area contributed by atoms with Crippen LogP contribution >= 0.6 is 15.9 Å². The van der Waals surface area contributed by atoms with Gasteiger partial charge in [0.25, 0.3) is 0 Å². The lowest BCUT2D eigenvalue weighted by Crippen LogP contribution is -2.34. The summed E-state index contributed by atoms with van der Waals surface area (Å²) in [5.74, 6) is -0.0286. The molecule has 0 atom stereocenters. The number of aryl methyl sites for hydroxylation is 2. The molecule has 20 heavy (non-hydrogen) atoms. The third kappa shape index (κ3) is 1.93. The van der Waals surface area contributed by atoms with E-state index < -0.39 is 5.41 Å². The second-order valence-corrected chi connectivity index (χ2v) is 6.89. The molecule has 1 saturated carbocycles. The third-order valence-corrected chi connectivity index (χ3v) is 5.89. The highest BCUT2D eigenvalue weighted by Gasteiger charge is 2.53. The number of amides is 2. The van der Waals surface area contributed by atoms with Crippen LogP contribution in [0.4, 0.5) is 5.69 Å². The van der Waals surface area contributed by atoms with Gasteiger partial charge in [-0.05, 0) is 49.9 Å². The van der Waals surface area contributed by atoms with Gasteiger partial charge >= 0.3 is 0 Å². The van der Waals surface area contributed by atoms with E-state index in [1.54, 1.807) is 0 Å². The summed E-state index contributed by atoms with van der Waals surface area (Å²) in [6.45, 7) is 3.97. The average molecular weight is 336 g/mol. The molecule has 1 aromatic rings. The number of hydrogen-bond donors (Lipinski definition) is 0. The van der Waals surface area contributed by atoms with Gasteiger partial charge in [-0.25, -0.2) is 0 Å². The predicted molar refractivity (Wildman–Crippen MR) is 81.6 cm³/mol. The second kappa shape index (κ2) is 4.69. The lowest BCUT2D eigenvalue weighted by molar-refractivity contribution is -0.125. The van der Waals surface area contributed by atoms with E-state index in [9.17, 15) is 9.59 Å². The van der Waals surface area contributed by atoms with Gasteiger partial charge in [0.2, 0.25) is 11.8 Å². The fraction of sp³-hybridized carbons (Fsp3) is 0.500. The Bertz CT molecular complexity index is 579. The number of anilines is 1. The maximum atomic E-state index is 12.7. The van der Waals surface area contributed by atoms with Crippen molar-refractivity contribution >= 4 is 33.4 Å². The molecule has 1 aliphatic carbocycles. The van der Waals surface area contributed by atoms with Crippen molar-refractivity contribution in [3.63, 3.8) is 0 Å². The molecular weight excluding hydrogens is 318 g/mol. The van der Waals surface area contributed by atoms with Gasteiger partial charge in [0, 0.05) is 10.9 Å². The molecule has 3 rings (SSSR count). The third-order valence-electron chi connectivity index (χ3n) is 4.64. The molecule has 1 spiro atoms. The van der Waals surface area contributed by atoms with E-state index >= 15 is 0 Å². The van der Waals surface area contributed by atoms with Crippen LogP contribution in [0.5, 0.6) is 0 Å². The molecule has 0 radical (unpaired) electrons. The topological polar surface area (TPSA) is 37.4 Å². The van der Waals surface area contributed by atoms with Crippen LogP contribution in [-0.2, 0) is 9.59 Å². The van der Waals surface area contributed by atoms with Crippen molar-refractivity contribution in [1.82, 2.24) is 0 Å². The van der Waals surface area contributed by atoms with Crippen LogP contribution in [0, 0.1) is 19.3 Å². The summed E-state index contributed by atoms with van der Waals surface area (Å²) < 4.78 is 1.04. The average Bonchev–Trinajstić information content (AvgIpc) is 2.94. The van der Waals surface area contributed by atoms with Gasteiger partial charge in [0.05, 0.1) is 11.1 Å². The lowest BCUT2D eigenvalue weighted by Gasteiger charge is -2.21. The molecule has 0 bridgehead atoms. The Balaban J connectivity index is 2.02. The Kier molecular flexibility index (Phi) is 3.24. The number of carbonyl (C=O) groups is 2. The van der Waals surface area contributed by atoms with E-state index in [-0.39, 0.29) is 11.8 Å². The first-order chi connectivity index (χ1) is 9.44. The largest absolute Gasteiger partial charge is 0.274 e. The molecule has 1 heterocycles. The molecule has 0 unspecified atom stereocenters. The molecule has 2 amide bonds. The number of benzene rings is 1. The van der Waals surface area contributed by atoms with Crippen LogP contribution in [-0.4, -0.2) is 11.8 Å². The van der Waals surface area contributed by atoms with E-state index in [1.165, 1.54) is 4.90 Å². The van der Waals surface area contributed by atoms with E-state index in [0.29, 0.717) is 6.42 Å². The van der Waals surface area contributed by atoms with E-state index in [4.69, 9.17) is 0 Å². The Morgan fingerprint density at radius 2 is 1.65 bits per heavy atom. The van der Waals surface area contributed by atoms with Crippen molar-refractivity contribution in [2.45, 2.75) is 46.0 Å². The number of halogens is 1. The fourth-order valence-electron chi connectivity index (χ4n) is 3.55. The predicted octanol–water partition coefficient (Wildman–Crippen LogP) is 3.89. The highest BCUT2D eigenvalue weighted by molar-refractivity contribution is 9.10. The number of nitrogens with zero attached hydrogens (tertiary/aromatic N) is 1. The highest BCUT2D eigenvalue weighted by atomic mass is 79.9. The molecule has 0 aromatic heterocycles. The van der Waals surface area contributed by atoms with E-state index in [1.807, 2.05) is 26.0 Å². The van der Waals surface area contributed by atoms with Crippen LogP contribution in [0.3, 0.4) is 0 Å². The highest BCUT2D eigenvalue weighted by Crippen LogP contribution is 2.48. The molecule has 2 fully saturated rings. The standard InChI is InChI=1S/C16H18BrNO2/c1-10-7-12(8-11(2)14(10)17)18-13(19)9-16(15(18)20)5-3-4-6-16/h7-8H,3-6,9H2,1-2H3. The number of rotatable bonds is 1. The number of carbonyl (C=O) groups excluding carboxylic acids is 2. The zero-order valence-electron chi connectivity index (χ0n) is 11.8. The molecule has 2 aliphatic rings. The normalized spacial score (nSPS) is 21.2. The molecular formula is C16H18BrNO2. The summed E-state index contributed by atoms with van der Waals surface area (Å²) in [4.78, 5) is 26.5. The first-order valence-corrected chi connectivity index (χ1v) is 7.88. The van der Waals surface area contributed by atoms with Crippen LogP contribution in [0.15, 0.2) is 16.6 Å². The quantitative estimate of drug-likeness (QED) is 0.730. The minimum absolute atomic E-state index is 0.0149. The maximum Gasteiger partial charge on any atom is 0.240 e. The van der Waals surface area contributed by atoms with Crippen LogP contribution in [0.1, 0.15) is 43.2 Å². The molecule has 1 saturated heterocycles. The second-order valence-electron chi connectivity index (χ2n) is 6.09. The van der Waals surface area contributed by atoms with Gasteiger partial charge in [-0.1, -0.05) is 28.8 Å². The van der Waals surface area contributed by atoms with E-state index in [0.717, 1.165) is 47.0 Å². The maximum absolute atomic E-state index is 12.7. The van der Waals surface area contributed by atoms with Crippen molar-refractivity contribution in [1.29, 1.82) is 0 Å². The molecule has 1 aromatic carbocycles. The molecule has 4 heteroatoms. The van der Waals surface area contributed by atoms with Crippen LogP contribution in [0.25, 0.3) is 0 Å². The van der Waals surface area contributed by atoms with Crippen molar-refractivity contribution in [2.75, 3.05) is 4.90 Å². The first kappa shape index (κ1) is 13.8. The van der Waals surface area contributed by atoms with Gasteiger partial charge in [-0.15, -0.1) is 0 Å². The smallest absolute Gasteiger partial charge is 0.240 e. The lowest BCUT2D eigenvalue weighted by atomic mass is 9.84. The number of imide groups is 1. The van der Waals surface area contributed by atoms with Gasteiger partial charge in [-0.2, -0.15) is 0 Å². The Labute approximate surface area is 127 Å². The van der Waals surface area contributed by atoms with Gasteiger partial charge in [0.1, 0.15) is 0 Å². The summed E-state index contributed by atoms with van der Waals surface area (Å²) in [6.07, 6.45) is 4.24. The van der Waals surface area contributed by atoms with Crippen molar-refractivity contribution in [2.24, 2.45) is 5.41 Å². The minimum atomic E-state index is -0.397. The Morgan fingerprint density at radius 3 is 2.20 bits per heavy atom. The zero-order chi connectivity index (χ0) is 14.5. The molecule has 0 N–H and O–H groups in total. The Hall–Kier alpha value is -1.16. The van der Waals surface area contributed by atoms with Crippen molar-refractivity contribution in [3.05, 3.63) is 27.7 Å². The van der Waals surface area contributed by atoms with Gasteiger partial charge in [-0.3, -0.25) is 14.5 Å². The number of hydrogen-bond acceptors (Lipinski definition) is 2. The summed E-state index contributed by atoms with van der Waals surface area (Å²) in [5, 5.41) is 0. The molecule has 3 nitrogen and oxygen atoms in total. The summed E-state index contributed by atoms with van der Waals surface area (Å²) >= 11 is 3.52. The zero-order valence-corrected chi connectivity index (χ0v) is 13.4. The molecule has 106 valence electrons. The SMILES string of the molecule is Cc1cc(N2C(=O)CC3(CCCC3)C2=O)cc(C)c1Br. The van der Waals surface area contributed by atoms with Crippen molar-refractivity contribution < 1.29 is 9.59 Å². The van der Waals surface area contributed by atoms with Gasteiger partial charge in [0.15, 0.2) is 0 Å². The fourth-order valence-corrected chi connectivity index (χ4v) is 3.78. The summed E-state index contributed by atoms with van der Waals surface area (Å²) in [5.41, 5.74) is 2.43. The summed E-state index contributed by atoms with van der Waals surface area (Å²) in [6, 6.07) is 3.84. The first-order valence-electron chi connectivity index (χ1n) is 7.09. The van der Waals surface area contributed by atoms with Crippen LogP contribution < -0.4 is 4.90 Å². The van der Waals surface area contributed by atoms with Crippen LogP contribution in [0.2, 0.25) is 0 Å². The minimum Gasteiger partial charge on any atom is -0.274 e. The Morgan fingerprint density at radius 1 is 1.10 bits per heavy atom. The molecule has 1 aliphatic heterocycles. The van der Waals surface area contributed by atoms with Gasteiger partial charge < -0.3 is 0 Å². The van der Waals surface area contributed by atoms with E-state index in [2.05, 4.69) is 15.9 Å². The monoisotopic (exact) mass is 335 g/mol.